The van der Waals surface area contributed by atoms with E-state index in [0.29, 0.717) is 11.3 Å². The number of hydrogen-bond acceptors (Lipinski definition) is 5. The summed E-state index contributed by atoms with van der Waals surface area (Å²) in [5, 5.41) is 15.0. The van der Waals surface area contributed by atoms with E-state index in [4.69, 9.17) is 0 Å². The van der Waals surface area contributed by atoms with Gasteiger partial charge in [0.05, 0.1) is 11.3 Å². The number of hydrogen-bond donors (Lipinski definition) is 1. The molecule has 2 rings (SSSR count). The zero-order valence-electron chi connectivity index (χ0n) is 9.90. The van der Waals surface area contributed by atoms with Gasteiger partial charge >= 0.3 is 0 Å². The first-order valence-corrected chi connectivity index (χ1v) is 7.83. The molecule has 2 heterocycles. The summed E-state index contributed by atoms with van der Waals surface area (Å²) >= 11 is 3.84. The molecule has 1 aliphatic rings. The van der Waals surface area contributed by atoms with Gasteiger partial charge in [-0.05, 0) is 32.1 Å². The van der Waals surface area contributed by atoms with Gasteiger partial charge in [0, 0.05) is 0 Å². The van der Waals surface area contributed by atoms with Gasteiger partial charge in [-0.3, -0.25) is 0 Å². The number of aromatic nitrogens is 2. The minimum atomic E-state index is 0.375. The molecule has 1 aliphatic heterocycles. The molecule has 2 atom stereocenters. The standard InChI is InChI=1S/C11H19N3S2/c1-3-8(12-2)10-13-14-11(16-10)9-6-4-5-7-15-9/h8-9,12H,3-7H2,1-2H3. The van der Waals surface area contributed by atoms with Crippen LogP contribution in [0.3, 0.4) is 0 Å². The maximum Gasteiger partial charge on any atom is 0.134 e. The number of rotatable bonds is 4. The predicted octanol–water partition coefficient (Wildman–Crippen LogP) is 3.17. The van der Waals surface area contributed by atoms with Crippen molar-refractivity contribution in [3.8, 4) is 0 Å². The Hall–Kier alpha value is -0.130. The lowest BCUT2D eigenvalue weighted by Crippen LogP contribution is -2.14. The third-order valence-electron chi connectivity index (χ3n) is 2.97. The molecule has 0 amide bonds. The summed E-state index contributed by atoms with van der Waals surface area (Å²) in [5.41, 5.74) is 0. The smallest absolute Gasteiger partial charge is 0.134 e. The average molecular weight is 257 g/mol. The van der Waals surface area contributed by atoms with Crippen molar-refractivity contribution in [1.29, 1.82) is 0 Å². The first-order valence-electron chi connectivity index (χ1n) is 5.97. The van der Waals surface area contributed by atoms with Crippen LogP contribution in [-0.2, 0) is 0 Å². The first kappa shape index (κ1) is 12.3. The van der Waals surface area contributed by atoms with Crippen LogP contribution in [-0.4, -0.2) is 23.0 Å². The van der Waals surface area contributed by atoms with E-state index < -0.39 is 0 Å². The fraction of sp³-hybridized carbons (Fsp3) is 0.818. The Morgan fingerprint density at radius 2 is 2.31 bits per heavy atom. The molecule has 1 aromatic heterocycles. The minimum absolute atomic E-state index is 0.375. The average Bonchev–Trinajstić information content (AvgIpc) is 2.81. The van der Waals surface area contributed by atoms with Gasteiger partial charge in [0.1, 0.15) is 10.0 Å². The third-order valence-corrected chi connectivity index (χ3v) is 5.65. The van der Waals surface area contributed by atoms with E-state index in [-0.39, 0.29) is 0 Å². The van der Waals surface area contributed by atoms with Crippen molar-refractivity contribution in [2.75, 3.05) is 12.8 Å². The molecule has 0 saturated carbocycles. The Morgan fingerprint density at radius 3 is 2.94 bits per heavy atom. The molecule has 0 bridgehead atoms. The van der Waals surface area contributed by atoms with Crippen molar-refractivity contribution >= 4 is 23.1 Å². The van der Waals surface area contributed by atoms with Gasteiger partial charge in [-0.2, -0.15) is 11.8 Å². The summed E-state index contributed by atoms with van der Waals surface area (Å²) in [6, 6.07) is 0.375. The number of nitrogens with zero attached hydrogens (tertiary/aromatic N) is 2. The normalized spacial score (nSPS) is 23.2. The summed E-state index contributed by atoms with van der Waals surface area (Å²) in [4.78, 5) is 0. The van der Waals surface area contributed by atoms with Crippen molar-refractivity contribution in [3.05, 3.63) is 10.0 Å². The van der Waals surface area contributed by atoms with E-state index in [9.17, 15) is 0 Å². The molecule has 5 heteroatoms. The number of nitrogens with one attached hydrogen (secondary N) is 1. The van der Waals surface area contributed by atoms with E-state index in [1.54, 1.807) is 11.3 Å². The van der Waals surface area contributed by atoms with E-state index >= 15 is 0 Å². The van der Waals surface area contributed by atoms with Crippen LogP contribution in [0.4, 0.5) is 0 Å². The minimum Gasteiger partial charge on any atom is -0.311 e. The van der Waals surface area contributed by atoms with Crippen molar-refractivity contribution in [2.24, 2.45) is 0 Å². The topological polar surface area (TPSA) is 37.8 Å². The Morgan fingerprint density at radius 1 is 1.44 bits per heavy atom. The molecule has 0 aromatic carbocycles. The number of thioether (sulfide) groups is 1. The van der Waals surface area contributed by atoms with Crippen LogP contribution in [0.2, 0.25) is 0 Å². The molecule has 2 unspecified atom stereocenters. The predicted molar refractivity (Wildman–Crippen MR) is 71.1 cm³/mol. The van der Waals surface area contributed by atoms with Gasteiger partial charge in [0.15, 0.2) is 0 Å². The molecule has 16 heavy (non-hydrogen) atoms. The molecule has 0 aliphatic carbocycles. The summed E-state index contributed by atoms with van der Waals surface area (Å²) in [7, 11) is 1.99. The van der Waals surface area contributed by atoms with Gasteiger partial charge in [0.2, 0.25) is 0 Å². The summed E-state index contributed by atoms with van der Waals surface area (Å²) in [6.07, 6.45) is 5.05. The molecule has 3 nitrogen and oxygen atoms in total. The van der Waals surface area contributed by atoms with E-state index in [1.807, 2.05) is 18.8 Å². The molecule has 0 spiro atoms. The fourth-order valence-corrected chi connectivity index (χ4v) is 4.54. The van der Waals surface area contributed by atoms with Crippen molar-refractivity contribution in [1.82, 2.24) is 15.5 Å². The highest BCUT2D eigenvalue weighted by molar-refractivity contribution is 7.99. The van der Waals surface area contributed by atoms with Crippen LogP contribution < -0.4 is 5.32 Å². The van der Waals surface area contributed by atoms with E-state index in [1.165, 1.54) is 30.0 Å². The molecule has 1 fully saturated rings. The molecule has 1 N–H and O–H groups in total. The first-order chi connectivity index (χ1) is 7.85. The Bertz CT molecular complexity index is 317. The fourth-order valence-electron chi connectivity index (χ4n) is 1.96. The van der Waals surface area contributed by atoms with Gasteiger partial charge in [-0.25, -0.2) is 0 Å². The van der Waals surface area contributed by atoms with Gasteiger partial charge in [0.25, 0.3) is 0 Å². The highest BCUT2D eigenvalue weighted by Crippen LogP contribution is 2.40. The van der Waals surface area contributed by atoms with Crippen LogP contribution in [0.5, 0.6) is 0 Å². The van der Waals surface area contributed by atoms with Crippen LogP contribution in [0.1, 0.15) is 53.9 Å². The van der Waals surface area contributed by atoms with Crippen LogP contribution in [0, 0.1) is 0 Å². The molecular weight excluding hydrogens is 238 g/mol. The van der Waals surface area contributed by atoms with E-state index in [0.717, 1.165) is 11.4 Å². The maximum absolute atomic E-state index is 4.36. The van der Waals surface area contributed by atoms with Gasteiger partial charge < -0.3 is 5.32 Å². The molecule has 1 aromatic rings. The van der Waals surface area contributed by atoms with Gasteiger partial charge in [-0.1, -0.05) is 24.7 Å². The lowest BCUT2D eigenvalue weighted by molar-refractivity contribution is 0.568. The summed E-state index contributed by atoms with van der Waals surface area (Å²) in [6.45, 7) is 2.18. The highest BCUT2D eigenvalue weighted by atomic mass is 32.2. The summed E-state index contributed by atoms with van der Waals surface area (Å²) in [5.74, 6) is 1.28. The highest BCUT2D eigenvalue weighted by Gasteiger charge is 2.21. The quantitative estimate of drug-likeness (QED) is 0.899. The van der Waals surface area contributed by atoms with Gasteiger partial charge in [-0.15, -0.1) is 10.2 Å². The second kappa shape index (κ2) is 5.98. The Balaban J connectivity index is 2.05. The second-order valence-corrected chi connectivity index (χ2v) is 6.43. The van der Waals surface area contributed by atoms with Crippen molar-refractivity contribution in [3.63, 3.8) is 0 Å². The zero-order valence-corrected chi connectivity index (χ0v) is 11.5. The summed E-state index contributed by atoms with van der Waals surface area (Å²) < 4.78 is 0. The lowest BCUT2D eigenvalue weighted by Gasteiger charge is -2.18. The van der Waals surface area contributed by atoms with Crippen LogP contribution >= 0.6 is 23.1 Å². The lowest BCUT2D eigenvalue weighted by atomic mass is 10.2. The zero-order chi connectivity index (χ0) is 11.4. The van der Waals surface area contributed by atoms with Crippen molar-refractivity contribution < 1.29 is 0 Å². The van der Waals surface area contributed by atoms with Crippen LogP contribution in [0.15, 0.2) is 0 Å². The SMILES string of the molecule is CCC(NC)c1nnc(C2CCCCS2)s1. The maximum atomic E-state index is 4.36. The molecule has 1 saturated heterocycles. The Labute approximate surface area is 105 Å². The van der Waals surface area contributed by atoms with Crippen LogP contribution in [0.25, 0.3) is 0 Å². The van der Waals surface area contributed by atoms with E-state index in [2.05, 4.69) is 22.4 Å². The third kappa shape index (κ3) is 2.76. The monoisotopic (exact) mass is 257 g/mol. The molecule has 0 radical (unpaired) electrons. The molecule has 90 valence electrons. The largest absolute Gasteiger partial charge is 0.311 e. The van der Waals surface area contributed by atoms with Crippen molar-refractivity contribution in [2.45, 2.75) is 43.9 Å². The second-order valence-electron chi connectivity index (χ2n) is 4.08. The molecular formula is C11H19N3S2. The Kier molecular flexibility index (Phi) is 4.61.